The number of hydrogen-bond donors (Lipinski definition) is 3. The highest BCUT2D eigenvalue weighted by atomic mass is 16.5. The molecule has 0 radical (unpaired) electrons. The molecule has 29 heavy (non-hydrogen) atoms. The molecule has 0 spiro atoms. The van der Waals surface area contributed by atoms with E-state index < -0.39 is 11.6 Å². The second kappa shape index (κ2) is 9.40. The molecule has 0 saturated heterocycles. The van der Waals surface area contributed by atoms with Gasteiger partial charge in [-0.25, -0.2) is 0 Å². The minimum atomic E-state index is -1.02. The number of tetrazole rings is 1. The molecule has 2 aromatic carbocycles. The number of amides is 1. The Hall–Kier alpha value is -3.10. The molecular weight excluding hydrogens is 368 g/mol. The van der Waals surface area contributed by atoms with Crippen LogP contribution in [0.4, 0.5) is 0 Å². The van der Waals surface area contributed by atoms with Gasteiger partial charge in [0.25, 0.3) is 0 Å². The van der Waals surface area contributed by atoms with E-state index in [1.165, 1.54) is 0 Å². The monoisotopic (exact) mass is 395 g/mol. The van der Waals surface area contributed by atoms with Crippen LogP contribution in [0.2, 0.25) is 0 Å². The number of ether oxygens (including phenoxy) is 1. The summed E-state index contributed by atoms with van der Waals surface area (Å²) in [5.41, 5.74) is 7.04. The van der Waals surface area contributed by atoms with E-state index in [2.05, 4.69) is 20.7 Å². The average molecular weight is 395 g/mol. The van der Waals surface area contributed by atoms with Crippen molar-refractivity contribution in [2.24, 2.45) is 5.73 Å². The van der Waals surface area contributed by atoms with Gasteiger partial charge in [0.05, 0.1) is 23.9 Å². The highest BCUT2D eigenvalue weighted by molar-refractivity contribution is 5.85. The number of rotatable bonds is 9. The summed E-state index contributed by atoms with van der Waals surface area (Å²) in [7, 11) is 0. The Labute approximate surface area is 170 Å². The van der Waals surface area contributed by atoms with Crippen LogP contribution >= 0.6 is 0 Å². The molecule has 1 atom stereocenters. The lowest BCUT2D eigenvalue weighted by atomic mass is 10.1. The first-order chi connectivity index (χ1) is 13.9. The molecule has 1 heterocycles. The largest absolute Gasteiger partial charge is 0.374 e. The van der Waals surface area contributed by atoms with Gasteiger partial charge in [0.1, 0.15) is 6.04 Å². The number of H-pyrrole nitrogens is 1. The second-order valence-corrected chi connectivity index (χ2v) is 7.46. The van der Waals surface area contributed by atoms with E-state index in [0.717, 1.165) is 11.1 Å². The molecule has 0 unspecified atom stereocenters. The summed E-state index contributed by atoms with van der Waals surface area (Å²) in [5.74, 6) is 0.136. The summed E-state index contributed by atoms with van der Waals surface area (Å²) < 4.78 is 5.82. The lowest BCUT2D eigenvalue weighted by Gasteiger charge is -2.21. The van der Waals surface area contributed by atoms with Crippen LogP contribution in [0.3, 0.4) is 0 Å². The van der Waals surface area contributed by atoms with Crippen LogP contribution < -0.4 is 15.8 Å². The lowest BCUT2D eigenvalue weighted by molar-refractivity contribution is -0.798. The van der Waals surface area contributed by atoms with Gasteiger partial charge in [0.15, 0.2) is 6.54 Å². The van der Waals surface area contributed by atoms with Crippen molar-refractivity contribution in [3.63, 3.8) is 0 Å². The van der Waals surface area contributed by atoms with E-state index in [-0.39, 0.29) is 12.5 Å². The van der Waals surface area contributed by atoms with Crippen molar-refractivity contribution in [3.05, 3.63) is 77.6 Å². The zero-order chi connectivity index (χ0) is 20.7. The van der Waals surface area contributed by atoms with Crippen LogP contribution in [0.25, 0.3) is 0 Å². The number of aromatic amines is 1. The van der Waals surface area contributed by atoms with Gasteiger partial charge in [-0.15, -0.1) is 0 Å². The number of hydrogen-bond acceptors (Lipinski definition) is 5. The zero-order valence-electron chi connectivity index (χ0n) is 16.7. The second-order valence-electron chi connectivity index (χ2n) is 7.46. The maximum atomic E-state index is 12.4. The standard InChI is InChI=1S/C21H26N6O2/c1-21(2,22)20(28)23-18(15-29-14-17-11-7-4-8-12-17)19-24-26-27(25-19)13-16-9-5-3-6-10-16/h3-12,18H,13-15,22H2,1-2H3,(H,23,28)/p+1/t18-/m1/s1. The summed E-state index contributed by atoms with van der Waals surface area (Å²) in [6.07, 6.45) is 0. The first kappa shape index (κ1) is 20.6. The van der Waals surface area contributed by atoms with E-state index >= 15 is 0 Å². The van der Waals surface area contributed by atoms with Gasteiger partial charge >= 0.3 is 5.82 Å². The van der Waals surface area contributed by atoms with Crippen molar-refractivity contribution < 1.29 is 14.3 Å². The molecule has 0 saturated carbocycles. The highest BCUT2D eigenvalue weighted by Crippen LogP contribution is 2.11. The van der Waals surface area contributed by atoms with Gasteiger partial charge in [0.2, 0.25) is 5.91 Å². The number of aromatic nitrogens is 4. The molecule has 0 fully saturated rings. The average Bonchev–Trinajstić information content (AvgIpc) is 3.16. The molecule has 3 rings (SSSR count). The molecule has 0 aliphatic rings. The van der Waals surface area contributed by atoms with E-state index in [1.807, 2.05) is 60.7 Å². The molecule has 3 aromatic rings. The molecule has 0 aliphatic carbocycles. The van der Waals surface area contributed by atoms with Crippen LogP contribution in [-0.2, 0) is 22.7 Å². The highest BCUT2D eigenvalue weighted by Gasteiger charge is 2.30. The number of nitrogens with zero attached hydrogens (tertiary/aromatic N) is 3. The number of carbonyl (C=O) groups is 1. The predicted octanol–water partition coefficient (Wildman–Crippen LogP) is 1.25. The molecule has 4 N–H and O–H groups in total. The van der Waals surface area contributed by atoms with Gasteiger partial charge in [-0.05, 0) is 35.3 Å². The summed E-state index contributed by atoms with van der Waals surface area (Å²) in [4.78, 5) is 14.0. The fourth-order valence-corrected chi connectivity index (χ4v) is 2.65. The minimum Gasteiger partial charge on any atom is -0.374 e. The Balaban J connectivity index is 1.69. The molecule has 152 valence electrons. The van der Waals surface area contributed by atoms with E-state index in [0.29, 0.717) is 19.0 Å². The predicted molar refractivity (Wildman–Crippen MR) is 107 cm³/mol. The first-order valence-corrected chi connectivity index (χ1v) is 9.49. The Bertz CT molecular complexity index is 906. The van der Waals surface area contributed by atoms with Gasteiger partial charge in [-0.3, -0.25) is 4.79 Å². The van der Waals surface area contributed by atoms with Gasteiger partial charge in [-0.1, -0.05) is 65.5 Å². The van der Waals surface area contributed by atoms with Crippen molar-refractivity contribution in [3.8, 4) is 0 Å². The summed E-state index contributed by atoms with van der Waals surface area (Å²) in [5, 5.41) is 14.5. The van der Waals surface area contributed by atoms with Crippen LogP contribution in [0.5, 0.6) is 0 Å². The summed E-state index contributed by atoms with van der Waals surface area (Å²) in [6.45, 7) is 4.49. The lowest BCUT2D eigenvalue weighted by Crippen LogP contribution is -2.51. The quantitative estimate of drug-likeness (QED) is 0.473. The molecule has 8 heteroatoms. The minimum absolute atomic E-state index is 0.222. The Kier molecular flexibility index (Phi) is 6.69. The topological polar surface area (TPSA) is 110 Å². The SMILES string of the molecule is CC(C)(N)C(=O)N[C@H](COCc1ccccc1)c1n[nH][n+](Cc2ccccc2)n1. The van der Waals surface area contributed by atoms with Crippen molar-refractivity contribution in [2.45, 2.75) is 38.6 Å². The normalized spacial score (nSPS) is 12.5. The maximum Gasteiger partial charge on any atom is 0.332 e. The summed E-state index contributed by atoms with van der Waals surface area (Å²) >= 11 is 0. The first-order valence-electron chi connectivity index (χ1n) is 9.49. The molecule has 1 aromatic heterocycles. The van der Waals surface area contributed by atoms with Crippen molar-refractivity contribution in [2.75, 3.05) is 6.61 Å². The van der Waals surface area contributed by atoms with Crippen LogP contribution in [0.15, 0.2) is 60.7 Å². The third kappa shape index (κ3) is 6.20. The molecule has 0 aliphatic heterocycles. The van der Waals surface area contributed by atoms with E-state index in [1.54, 1.807) is 18.6 Å². The molecule has 1 amide bonds. The maximum absolute atomic E-state index is 12.4. The molecular formula is C21H27N6O2+. The number of nitrogens with one attached hydrogen (secondary N) is 2. The van der Waals surface area contributed by atoms with Crippen LogP contribution in [0, 0.1) is 0 Å². The number of nitrogens with two attached hydrogens (primary N) is 1. The smallest absolute Gasteiger partial charge is 0.332 e. The Morgan fingerprint density at radius 2 is 1.76 bits per heavy atom. The molecule has 0 bridgehead atoms. The third-order valence-corrected chi connectivity index (χ3v) is 4.28. The van der Waals surface area contributed by atoms with E-state index in [4.69, 9.17) is 10.5 Å². The van der Waals surface area contributed by atoms with Crippen molar-refractivity contribution in [1.29, 1.82) is 0 Å². The number of benzene rings is 2. The van der Waals surface area contributed by atoms with Crippen molar-refractivity contribution in [1.82, 2.24) is 20.7 Å². The van der Waals surface area contributed by atoms with Gasteiger partial charge in [0, 0.05) is 0 Å². The fraction of sp³-hybridized carbons (Fsp3) is 0.333. The number of carbonyl (C=O) groups excluding carboxylic acids is 1. The van der Waals surface area contributed by atoms with Gasteiger partial charge in [-0.2, -0.15) is 0 Å². The zero-order valence-corrected chi connectivity index (χ0v) is 16.7. The van der Waals surface area contributed by atoms with Crippen molar-refractivity contribution >= 4 is 5.91 Å². The van der Waals surface area contributed by atoms with E-state index in [9.17, 15) is 4.79 Å². The fourth-order valence-electron chi connectivity index (χ4n) is 2.65. The third-order valence-electron chi connectivity index (χ3n) is 4.28. The van der Waals surface area contributed by atoms with Crippen LogP contribution in [-0.4, -0.2) is 33.5 Å². The Morgan fingerprint density at radius 1 is 1.14 bits per heavy atom. The van der Waals surface area contributed by atoms with Crippen LogP contribution in [0.1, 0.15) is 36.8 Å². The molecule has 8 nitrogen and oxygen atoms in total. The summed E-state index contributed by atoms with van der Waals surface area (Å²) in [6, 6.07) is 19.2. The Morgan fingerprint density at radius 3 is 2.38 bits per heavy atom. The van der Waals surface area contributed by atoms with Gasteiger partial charge < -0.3 is 15.8 Å².